The van der Waals surface area contributed by atoms with Gasteiger partial charge >= 0.3 is 0 Å². The Labute approximate surface area is 71.3 Å². The normalized spacial score (nSPS) is 47.2. The van der Waals surface area contributed by atoms with Gasteiger partial charge in [0.1, 0.15) is 7.52 Å². The number of hydrogen-bond donors (Lipinski definition) is 1. The molecule has 58 valence electrons. The average molecular weight is 183 g/mol. The van der Waals surface area contributed by atoms with Crippen LogP contribution in [0.15, 0.2) is 0 Å². The Hall–Kier alpha value is 0.500. The highest BCUT2D eigenvalue weighted by molar-refractivity contribution is 6.52. The summed E-state index contributed by atoms with van der Waals surface area (Å²) in [5, 5.41) is 1.43. The first-order valence-corrected chi connectivity index (χ1v) is 4.14. The summed E-state index contributed by atoms with van der Waals surface area (Å²) < 4.78 is 12.0. The van der Waals surface area contributed by atoms with Gasteiger partial charge in [0.25, 0.3) is 0 Å². The molecule has 0 bridgehead atoms. The van der Waals surface area contributed by atoms with Crippen LogP contribution in [0, 0.1) is 0 Å². The molecule has 0 aromatic heterocycles. The molecule has 4 heteroatoms. The summed E-state index contributed by atoms with van der Waals surface area (Å²) in [6, 6.07) is -0.117. The monoisotopic (exact) mass is 182 g/mol. The van der Waals surface area contributed by atoms with Crippen LogP contribution < -0.4 is 5.31 Å². The van der Waals surface area contributed by atoms with Gasteiger partial charge in [-0.15, -0.1) is 0 Å². The molecule has 1 N–H and O–H groups in total. The second-order valence-corrected chi connectivity index (χ2v) is 4.11. The van der Waals surface area contributed by atoms with Crippen LogP contribution >= 0.6 is 23.2 Å². The molecular weight excluding hydrogens is 173 g/mol. The van der Waals surface area contributed by atoms with Gasteiger partial charge in [-0.1, -0.05) is 23.2 Å². The first-order chi connectivity index (χ1) is 5.14. The summed E-state index contributed by atoms with van der Waals surface area (Å²) in [6.07, 6.45) is 0.742. The summed E-state index contributed by atoms with van der Waals surface area (Å²) in [7, 11) is 0. The Morgan fingerprint density at radius 3 is 3.30 bits per heavy atom. The van der Waals surface area contributed by atoms with Crippen molar-refractivity contribution in [3.8, 4) is 0 Å². The van der Waals surface area contributed by atoms with E-state index in [1.807, 2.05) is 0 Å². The van der Waals surface area contributed by atoms with Crippen molar-refractivity contribution in [2.75, 3.05) is 13.2 Å². The lowest BCUT2D eigenvalue weighted by atomic mass is 10.4. The summed E-state index contributed by atoms with van der Waals surface area (Å²) in [4.78, 5) is 0. The fraction of sp³-hybridized carbons (Fsp3) is 1.00. The van der Waals surface area contributed by atoms with Gasteiger partial charge in [0.2, 0.25) is 0 Å². The Morgan fingerprint density at radius 2 is 2.50 bits per heavy atom. The zero-order chi connectivity index (χ0) is 8.06. The number of rotatable bonds is 0. The van der Waals surface area contributed by atoms with E-state index in [0.717, 1.165) is 6.42 Å². The van der Waals surface area contributed by atoms with Crippen LogP contribution in [0.2, 0.25) is 1.41 Å². The molecule has 0 amide bonds. The quantitative estimate of drug-likeness (QED) is 0.564. The van der Waals surface area contributed by atoms with E-state index in [4.69, 9.17) is 29.4 Å². The molecule has 0 aromatic carbocycles. The van der Waals surface area contributed by atoms with Crippen LogP contribution in [0.25, 0.3) is 0 Å². The van der Waals surface area contributed by atoms with Gasteiger partial charge in [-0.2, -0.15) is 0 Å². The second-order valence-electron chi connectivity index (χ2n) is 2.67. The predicted molar refractivity (Wildman–Crippen MR) is 40.6 cm³/mol. The maximum Gasteiger partial charge on any atom is 0.163 e. The minimum Gasteiger partial charge on any atom is -0.373 e. The fourth-order valence-corrected chi connectivity index (χ4v) is 1.81. The average Bonchev–Trinajstić information content (AvgIpc) is 2.52. The molecule has 2 unspecified atom stereocenters. The van der Waals surface area contributed by atoms with Crippen LogP contribution in [-0.2, 0) is 4.74 Å². The van der Waals surface area contributed by atoms with E-state index in [2.05, 4.69) is 0 Å². The Bertz CT molecular complexity index is 178. The van der Waals surface area contributed by atoms with E-state index in [9.17, 15) is 0 Å². The summed E-state index contributed by atoms with van der Waals surface area (Å²) in [5.74, 6) is 0. The first kappa shape index (κ1) is 6.06. The molecule has 0 aromatic rings. The van der Waals surface area contributed by atoms with Crippen molar-refractivity contribution in [3.05, 3.63) is 0 Å². The van der Waals surface area contributed by atoms with Crippen molar-refractivity contribution in [1.82, 2.24) is 5.31 Å². The number of ether oxygens (including phenoxy) is 1. The van der Waals surface area contributed by atoms with E-state index in [1.54, 1.807) is 0 Å². The van der Waals surface area contributed by atoms with Gasteiger partial charge in [0.15, 0.2) is 4.33 Å². The smallest absolute Gasteiger partial charge is 0.163 e. The molecule has 2 atom stereocenters. The van der Waals surface area contributed by atoms with Crippen molar-refractivity contribution in [2.45, 2.75) is 22.9 Å². The van der Waals surface area contributed by atoms with E-state index in [0.29, 0.717) is 13.2 Å². The number of nitrogens with one attached hydrogen (secondary N) is 1. The molecule has 2 rings (SSSR count). The fourth-order valence-electron chi connectivity index (χ4n) is 1.21. The van der Waals surface area contributed by atoms with Gasteiger partial charge in [-0.25, -0.2) is 0 Å². The zero-order valence-corrected chi connectivity index (χ0v) is 6.90. The van der Waals surface area contributed by atoms with Crippen LogP contribution in [0.4, 0.5) is 0 Å². The van der Waals surface area contributed by atoms with Gasteiger partial charge in [-0.3, -0.25) is 0 Å². The summed E-state index contributed by atoms with van der Waals surface area (Å²) >= 11 is 11.7. The molecule has 1 aliphatic heterocycles. The Balaban J connectivity index is 2.08. The van der Waals surface area contributed by atoms with Gasteiger partial charge in [0, 0.05) is 6.61 Å². The maximum absolute atomic E-state index is 7.50. The minimum atomic E-state index is -0.831. The van der Waals surface area contributed by atoms with Crippen molar-refractivity contribution in [3.63, 3.8) is 0 Å². The molecule has 0 radical (unpaired) electrons. The summed E-state index contributed by atoms with van der Waals surface area (Å²) in [5.41, 5.74) is 0. The largest absolute Gasteiger partial charge is 0.373 e. The van der Waals surface area contributed by atoms with E-state index in [1.165, 1.54) is 5.31 Å². The highest BCUT2D eigenvalue weighted by Crippen LogP contribution is 2.50. The number of fused-ring (bicyclic) bond motifs is 1. The highest BCUT2D eigenvalue weighted by Gasteiger charge is 2.65. The molecular formula is C6H9Cl2NO. The van der Waals surface area contributed by atoms with Gasteiger partial charge in [-0.05, 0) is 13.0 Å². The molecule has 1 saturated carbocycles. The van der Waals surface area contributed by atoms with Crippen LogP contribution in [-0.4, -0.2) is 29.6 Å². The number of hydrogen-bond acceptors (Lipinski definition) is 2. The van der Waals surface area contributed by atoms with E-state index < -0.39 is 4.33 Å². The molecule has 2 fully saturated rings. The summed E-state index contributed by atoms with van der Waals surface area (Å²) in [6.45, 7) is 1.36. The van der Waals surface area contributed by atoms with Crippen LogP contribution in [0.3, 0.4) is 0 Å². The highest BCUT2D eigenvalue weighted by atomic mass is 35.5. The Kier molecular flexibility index (Phi) is 1.36. The third-order valence-corrected chi connectivity index (χ3v) is 2.75. The molecule has 1 aliphatic carbocycles. The zero-order valence-electron chi connectivity index (χ0n) is 6.39. The third-order valence-electron chi connectivity index (χ3n) is 1.88. The molecule has 0 spiro atoms. The lowest BCUT2D eigenvalue weighted by Crippen LogP contribution is -2.22. The lowest BCUT2D eigenvalue weighted by molar-refractivity contribution is 0.121. The SMILES string of the molecule is [2H]N1CCCOC2C1C2(Cl)Cl. The molecule has 2 nitrogen and oxygen atoms in total. The first-order valence-electron chi connectivity index (χ1n) is 3.83. The van der Waals surface area contributed by atoms with Crippen LogP contribution in [0.1, 0.15) is 6.42 Å². The van der Waals surface area contributed by atoms with Crippen molar-refractivity contribution < 1.29 is 6.15 Å². The van der Waals surface area contributed by atoms with Crippen molar-refractivity contribution in [2.24, 2.45) is 0 Å². The lowest BCUT2D eigenvalue weighted by Gasteiger charge is -2.02. The standard InChI is InChI=1S/C6H9Cl2NO/c7-6(8)4-5(6)10-3-1-2-9-4/h4-5,9H,1-3H2/i/hD. The van der Waals surface area contributed by atoms with E-state index >= 15 is 0 Å². The molecule has 1 saturated heterocycles. The van der Waals surface area contributed by atoms with Crippen LogP contribution in [0.5, 0.6) is 0 Å². The van der Waals surface area contributed by atoms with Gasteiger partial charge < -0.3 is 10.0 Å². The van der Waals surface area contributed by atoms with E-state index in [-0.39, 0.29) is 12.1 Å². The number of alkyl halides is 2. The predicted octanol–water partition coefficient (Wildman–Crippen LogP) is 0.921. The third kappa shape index (κ3) is 0.944. The van der Waals surface area contributed by atoms with Crippen molar-refractivity contribution in [1.29, 1.82) is 0 Å². The topological polar surface area (TPSA) is 21.3 Å². The number of halogens is 2. The maximum atomic E-state index is 7.50. The molecule has 1 heterocycles. The van der Waals surface area contributed by atoms with Crippen molar-refractivity contribution >= 4 is 23.2 Å². The molecule has 10 heavy (non-hydrogen) atoms. The minimum absolute atomic E-state index is 0.117. The Morgan fingerprint density at radius 1 is 1.70 bits per heavy atom. The second kappa shape index (κ2) is 2.24. The molecule has 2 aliphatic rings. The van der Waals surface area contributed by atoms with Gasteiger partial charge in [0.05, 0.1) is 6.04 Å².